The van der Waals surface area contributed by atoms with Crippen molar-refractivity contribution in [3.05, 3.63) is 65.7 Å². The molecule has 0 saturated carbocycles. The molecule has 5 heteroatoms. The lowest BCUT2D eigenvalue weighted by Gasteiger charge is -1.94. The van der Waals surface area contributed by atoms with Crippen molar-refractivity contribution in [1.29, 1.82) is 0 Å². The fourth-order valence-electron chi connectivity index (χ4n) is 2.11. The van der Waals surface area contributed by atoms with Crippen LogP contribution in [0.1, 0.15) is 16.8 Å². The first-order valence-electron chi connectivity index (χ1n) is 6.57. The molecule has 0 aliphatic heterocycles. The zero-order valence-corrected chi connectivity index (χ0v) is 11.4. The van der Waals surface area contributed by atoms with Crippen LogP contribution in [0.2, 0.25) is 0 Å². The molecule has 5 nitrogen and oxygen atoms in total. The maximum absolute atomic E-state index is 4.51. The van der Waals surface area contributed by atoms with Crippen molar-refractivity contribution in [2.45, 2.75) is 6.92 Å². The van der Waals surface area contributed by atoms with Crippen LogP contribution in [0, 0.1) is 18.8 Å². The molecular formula is C16H11N5. The minimum Gasteiger partial charge on any atom is -0.359 e. The Kier molecular flexibility index (Phi) is 2.48. The van der Waals surface area contributed by atoms with Gasteiger partial charge in [0.05, 0.1) is 0 Å². The lowest BCUT2D eigenvalue weighted by atomic mass is 10.1. The lowest BCUT2D eigenvalue weighted by molar-refractivity contribution is -0.674. The molecule has 0 radical (unpaired) electrons. The average Bonchev–Trinajstić information content (AvgIpc) is 3.07. The Labute approximate surface area is 120 Å². The molecule has 1 aromatic carbocycles. The van der Waals surface area contributed by atoms with Gasteiger partial charge in [-0.05, 0) is 31.2 Å². The predicted molar refractivity (Wildman–Crippen MR) is 76.6 cm³/mol. The Morgan fingerprint density at radius 3 is 2.90 bits per heavy atom. The second-order valence-electron chi connectivity index (χ2n) is 4.77. The van der Waals surface area contributed by atoms with Crippen LogP contribution in [0.15, 0.2) is 48.9 Å². The first-order valence-corrected chi connectivity index (χ1v) is 6.57. The fourth-order valence-corrected chi connectivity index (χ4v) is 2.11. The van der Waals surface area contributed by atoms with Crippen molar-refractivity contribution in [3.8, 4) is 11.8 Å². The summed E-state index contributed by atoms with van der Waals surface area (Å²) in [6.07, 6.45) is 5.39. The first-order chi connectivity index (χ1) is 10.3. The molecule has 0 amide bonds. The van der Waals surface area contributed by atoms with Gasteiger partial charge in [0, 0.05) is 17.8 Å². The van der Waals surface area contributed by atoms with Gasteiger partial charge in [-0.25, -0.2) is 4.98 Å². The molecule has 0 unspecified atom stereocenters. The first kappa shape index (κ1) is 11.7. The van der Waals surface area contributed by atoms with Crippen LogP contribution in [0.3, 0.4) is 0 Å². The van der Waals surface area contributed by atoms with E-state index in [9.17, 15) is 0 Å². The molecule has 0 fully saturated rings. The van der Waals surface area contributed by atoms with Gasteiger partial charge in [0.2, 0.25) is 6.20 Å². The topological polar surface area (TPSA) is 48.4 Å². The minimum atomic E-state index is 0.608. The normalized spacial score (nSPS) is 10.7. The lowest BCUT2D eigenvalue weighted by Crippen LogP contribution is -2.28. The van der Waals surface area contributed by atoms with Crippen LogP contribution in [0.25, 0.3) is 11.3 Å². The molecule has 0 saturated heterocycles. The molecule has 0 atom stereocenters. The maximum Gasteiger partial charge on any atom is 0.203 e. The summed E-state index contributed by atoms with van der Waals surface area (Å²) in [5, 5.41) is 4.30. The Morgan fingerprint density at radius 2 is 2.05 bits per heavy atom. The third kappa shape index (κ3) is 2.03. The number of hydrogen-bond donors (Lipinski definition) is 0. The van der Waals surface area contributed by atoms with Gasteiger partial charge in [-0.2, -0.15) is 4.52 Å². The van der Waals surface area contributed by atoms with Gasteiger partial charge >= 0.3 is 0 Å². The van der Waals surface area contributed by atoms with Crippen LogP contribution >= 0.6 is 0 Å². The summed E-state index contributed by atoms with van der Waals surface area (Å²) in [7, 11) is 0. The van der Waals surface area contributed by atoms with Crippen molar-refractivity contribution in [2.75, 3.05) is 0 Å². The van der Waals surface area contributed by atoms with Crippen molar-refractivity contribution < 1.29 is 4.63 Å². The highest BCUT2D eigenvalue weighted by Gasteiger charge is 2.05. The van der Waals surface area contributed by atoms with E-state index < -0.39 is 0 Å². The van der Waals surface area contributed by atoms with Crippen molar-refractivity contribution in [2.24, 2.45) is 0 Å². The van der Waals surface area contributed by atoms with Crippen LogP contribution in [-0.2, 0) is 0 Å². The molecule has 21 heavy (non-hydrogen) atoms. The number of nitrogens with zero attached hydrogens (tertiary/aromatic N) is 5. The SMILES string of the molecule is Cc1ccc(C#Cc2cnc3[n-][n+]4cccn4c3n2)cc1. The van der Waals surface area contributed by atoms with Gasteiger partial charge in [-0.1, -0.05) is 28.2 Å². The largest absolute Gasteiger partial charge is 0.359 e. The van der Waals surface area contributed by atoms with Crippen LogP contribution in [0.5, 0.6) is 0 Å². The quantitative estimate of drug-likeness (QED) is 0.356. The third-order valence-corrected chi connectivity index (χ3v) is 3.20. The average molecular weight is 273 g/mol. The number of benzene rings is 1. The van der Waals surface area contributed by atoms with E-state index in [1.165, 1.54) is 5.56 Å². The molecule has 4 rings (SSSR count). The minimum absolute atomic E-state index is 0.608. The smallest absolute Gasteiger partial charge is 0.203 e. The highest BCUT2D eigenvalue weighted by atomic mass is 15.5. The summed E-state index contributed by atoms with van der Waals surface area (Å²) in [4.78, 5) is 8.81. The molecule has 0 spiro atoms. The van der Waals surface area contributed by atoms with Gasteiger partial charge in [0.15, 0.2) is 5.65 Å². The van der Waals surface area contributed by atoms with E-state index in [0.29, 0.717) is 17.0 Å². The van der Waals surface area contributed by atoms with Crippen molar-refractivity contribution in [3.63, 3.8) is 0 Å². The zero-order chi connectivity index (χ0) is 14.2. The highest BCUT2D eigenvalue weighted by Crippen LogP contribution is 2.04. The van der Waals surface area contributed by atoms with Gasteiger partial charge in [-0.15, -0.1) is 5.10 Å². The van der Waals surface area contributed by atoms with Crippen LogP contribution in [0.4, 0.5) is 0 Å². The number of aromatic nitrogens is 5. The number of aryl methyl sites for hydroxylation is 1. The van der Waals surface area contributed by atoms with Crippen LogP contribution in [-0.4, -0.2) is 14.5 Å². The van der Waals surface area contributed by atoms with Crippen molar-refractivity contribution >= 4 is 11.3 Å². The molecule has 3 aromatic heterocycles. The Morgan fingerprint density at radius 1 is 1.19 bits per heavy atom. The summed E-state index contributed by atoms with van der Waals surface area (Å²) in [5.74, 6) is 6.14. The molecular weight excluding hydrogens is 262 g/mol. The van der Waals surface area contributed by atoms with E-state index in [4.69, 9.17) is 0 Å². The standard InChI is InChI=1S/C16H11N5/c1-12-3-5-13(6-4-12)7-8-14-11-17-15-16(18-14)20-9-2-10-21(20)19-15/h2-6,9-11H,1H3. The maximum atomic E-state index is 4.51. The monoisotopic (exact) mass is 273 g/mol. The van der Waals surface area contributed by atoms with Crippen molar-refractivity contribution in [1.82, 2.24) is 19.6 Å². The van der Waals surface area contributed by atoms with E-state index in [2.05, 4.69) is 33.8 Å². The van der Waals surface area contributed by atoms with E-state index >= 15 is 0 Å². The molecule has 0 aliphatic rings. The van der Waals surface area contributed by atoms with E-state index in [1.807, 2.05) is 47.2 Å². The number of hydrogen-bond acceptors (Lipinski definition) is 2. The Balaban J connectivity index is 1.78. The fraction of sp³-hybridized carbons (Fsp3) is 0.0625. The zero-order valence-electron chi connectivity index (χ0n) is 11.4. The summed E-state index contributed by atoms with van der Waals surface area (Å²) >= 11 is 0. The van der Waals surface area contributed by atoms with Gasteiger partial charge < -0.3 is 4.98 Å². The van der Waals surface area contributed by atoms with Gasteiger partial charge in [0.1, 0.15) is 11.3 Å². The van der Waals surface area contributed by atoms with Crippen LogP contribution < -0.4 is 9.73 Å². The number of rotatable bonds is 0. The highest BCUT2D eigenvalue weighted by molar-refractivity contribution is 5.63. The van der Waals surface area contributed by atoms with E-state index in [-0.39, 0.29) is 0 Å². The van der Waals surface area contributed by atoms with E-state index in [0.717, 1.165) is 5.56 Å². The summed E-state index contributed by atoms with van der Waals surface area (Å²) in [6.45, 7) is 2.05. The molecule has 0 N–H and O–H groups in total. The number of fused-ring (bicyclic) bond motifs is 3. The molecule has 3 heterocycles. The third-order valence-electron chi connectivity index (χ3n) is 3.20. The summed E-state index contributed by atoms with van der Waals surface area (Å²) in [5.41, 5.74) is 4.12. The molecule has 4 aromatic rings. The molecule has 0 bridgehead atoms. The Bertz CT molecular complexity index is 996. The molecule has 0 aliphatic carbocycles. The molecule has 100 valence electrons. The van der Waals surface area contributed by atoms with E-state index in [1.54, 1.807) is 10.8 Å². The summed E-state index contributed by atoms with van der Waals surface area (Å²) < 4.78 is 3.53. The second kappa shape index (κ2) is 4.46. The Hall–Kier alpha value is -3.13. The summed E-state index contributed by atoms with van der Waals surface area (Å²) in [6, 6.07) is 9.98. The van der Waals surface area contributed by atoms with Gasteiger partial charge in [-0.3, -0.25) is 0 Å². The second-order valence-corrected chi connectivity index (χ2v) is 4.77. The predicted octanol–water partition coefficient (Wildman–Crippen LogP) is 1.13. The van der Waals surface area contributed by atoms with Gasteiger partial charge in [0.25, 0.3) is 0 Å².